The number of ether oxygens (including phenoxy) is 3. The number of carbonyl (C=O) groups excluding carboxylic acids is 1. The molecule has 3 aliphatic carbocycles. The fraction of sp³-hybridized carbons (Fsp3) is 0.490. The monoisotopic (exact) mass is 916 g/mol. The van der Waals surface area contributed by atoms with Crippen LogP contribution in [0.5, 0.6) is 17.4 Å². The van der Waals surface area contributed by atoms with Gasteiger partial charge in [-0.05, 0) is 117 Å². The molecule has 5 aromatic rings. The number of sulfonamides is 1. The Bertz CT molecular complexity index is 2760. The number of pyridine rings is 2. The van der Waals surface area contributed by atoms with E-state index >= 15 is 0 Å². The van der Waals surface area contributed by atoms with Crippen molar-refractivity contribution in [1.82, 2.24) is 24.6 Å². The average molecular weight is 917 g/mol. The van der Waals surface area contributed by atoms with Crippen LogP contribution in [0.2, 0.25) is 0 Å². The van der Waals surface area contributed by atoms with Crippen LogP contribution in [0.25, 0.3) is 11.0 Å². The lowest BCUT2D eigenvalue weighted by Gasteiger charge is -2.56. The van der Waals surface area contributed by atoms with Crippen molar-refractivity contribution in [3.05, 3.63) is 99.9 Å². The number of nitrogens with one attached hydrogen (secondary N) is 3. The van der Waals surface area contributed by atoms with E-state index in [1.165, 1.54) is 57.7 Å². The molecule has 3 aromatic heterocycles. The number of nitro groups is 1. The zero-order valence-corrected chi connectivity index (χ0v) is 37.8. The van der Waals surface area contributed by atoms with Crippen molar-refractivity contribution in [2.24, 2.45) is 5.41 Å². The van der Waals surface area contributed by atoms with Gasteiger partial charge in [-0.3, -0.25) is 19.8 Å². The van der Waals surface area contributed by atoms with E-state index in [0.717, 1.165) is 74.7 Å². The molecule has 1 amide bonds. The molecular weight excluding hydrogens is 861 g/mol. The number of hydrogen-bond donors (Lipinski definition) is 3. The molecule has 2 atom stereocenters. The number of rotatable bonds is 13. The second kappa shape index (κ2) is 17.5. The van der Waals surface area contributed by atoms with Crippen LogP contribution in [0.3, 0.4) is 0 Å². The van der Waals surface area contributed by atoms with Gasteiger partial charge in [-0.2, -0.15) is 13.4 Å². The summed E-state index contributed by atoms with van der Waals surface area (Å²) in [5.74, 6) is -0.0160. The molecule has 2 saturated heterocycles. The van der Waals surface area contributed by atoms with E-state index in [9.17, 15) is 23.3 Å². The lowest BCUT2D eigenvalue weighted by molar-refractivity contribution is -0.384. The average Bonchev–Trinajstić information content (AvgIpc) is 3.87. The smallest absolute Gasteiger partial charge is 0.300 e. The summed E-state index contributed by atoms with van der Waals surface area (Å²) in [5.41, 5.74) is 4.30. The lowest BCUT2D eigenvalue weighted by atomic mass is 9.59. The predicted molar refractivity (Wildman–Crippen MR) is 248 cm³/mol. The number of fused-ring (bicyclic) bond motifs is 2. The minimum Gasteiger partial charge on any atom is -0.474 e. The molecule has 66 heavy (non-hydrogen) atoms. The van der Waals surface area contributed by atoms with Crippen molar-refractivity contribution in [3.8, 4) is 17.4 Å². The highest BCUT2D eigenvalue weighted by atomic mass is 32.2. The summed E-state index contributed by atoms with van der Waals surface area (Å²) in [7, 11) is -4.75. The molecule has 0 unspecified atom stereocenters. The maximum atomic E-state index is 14.1. The number of likely N-dealkylation sites (tertiary alicyclic amines) is 1. The third-order valence-electron chi connectivity index (χ3n) is 15.0. The highest BCUT2D eigenvalue weighted by molar-refractivity contribution is 7.90. The summed E-state index contributed by atoms with van der Waals surface area (Å²) in [4.78, 5) is 42.4. The van der Waals surface area contributed by atoms with Crippen LogP contribution in [0.1, 0.15) is 117 Å². The number of aromatic nitrogens is 3. The molecule has 2 aromatic carbocycles. The van der Waals surface area contributed by atoms with E-state index in [1.54, 1.807) is 35.5 Å². The summed E-state index contributed by atoms with van der Waals surface area (Å²) < 4.78 is 48.1. The number of nitrogens with zero attached hydrogens (tertiary/aromatic N) is 5. The molecule has 6 aliphatic rings. The highest BCUT2D eigenvalue weighted by Crippen LogP contribution is 2.55. The van der Waals surface area contributed by atoms with E-state index in [1.807, 2.05) is 12.1 Å². The number of carbonyl (C=O) groups is 1. The first-order valence-electron chi connectivity index (χ1n) is 23.7. The van der Waals surface area contributed by atoms with Gasteiger partial charge in [0.15, 0.2) is 10.7 Å². The molecule has 3 N–H and O–H groups in total. The van der Waals surface area contributed by atoms with Gasteiger partial charge in [-0.25, -0.2) is 9.71 Å². The first-order chi connectivity index (χ1) is 32.1. The first-order valence-corrected chi connectivity index (χ1v) is 25.2. The standard InChI is InChI=1S/C49H56N8O8S/c58-47(54-66(61,62)44-25-42(57(59)60)45-48(53-44)64-30-33(52-45)29-63-36-7-2-1-3-8-36)40-15-14-34(24-43(40)65-37-23-32-16-19-50-46(32)51-28-37)55-21-17-49(18-22-55)26-35(27-49)56-20-6-11-41(56)39-10-5-4-9-38(39)31-12-13-31/h4-5,9-10,14-16,19,23-25,28,31,33,35-36,41,52H,1-3,6-8,11-13,17-18,20-22,26-27,29-30H2,(H,50,51)(H,54,58)/t33-,41-/m0/s1. The maximum absolute atomic E-state index is 14.1. The van der Waals surface area contributed by atoms with Crippen LogP contribution < -0.4 is 24.4 Å². The minimum absolute atomic E-state index is 0.0423. The third-order valence-corrected chi connectivity index (χ3v) is 16.2. The quantitative estimate of drug-likeness (QED) is 0.0750. The number of piperidine rings is 1. The lowest BCUT2D eigenvalue weighted by Crippen LogP contribution is -2.54. The molecule has 11 rings (SSSR count). The number of hydrogen-bond acceptors (Lipinski definition) is 13. The largest absolute Gasteiger partial charge is 0.474 e. The Morgan fingerprint density at radius 2 is 1.76 bits per heavy atom. The van der Waals surface area contributed by atoms with Gasteiger partial charge in [-0.1, -0.05) is 43.5 Å². The molecule has 17 heteroatoms. The zero-order chi connectivity index (χ0) is 45.0. The fourth-order valence-corrected chi connectivity index (χ4v) is 12.2. The van der Waals surface area contributed by atoms with Gasteiger partial charge in [0, 0.05) is 48.5 Å². The van der Waals surface area contributed by atoms with Crippen molar-refractivity contribution in [2.45, 2.75) is 119 Å². The Labute approximate surface area is 384 Å². The van der Waals surface area contributed by atoms with Crippen molar-refractivity contribution < 1.29 is 32.3 Å². The van der Waals surface area contributed by atoms with Crippen molar-refractivity contribution in [2.75, 3.05) is 43.1 Å². The van der Waals surface area contributed by atoms with Crippen LogP contribution in [-0.2, 0) is 14.8 Å². The van der Waals surface area contributed by atoms with Crippen LogP contribution in [-0.4, -0.2) is 90.1 Å². The Balaban J connectivity index is 0.791. The number of anilines is 2. The second-order valence-electron chi connectivity index (χ2n) is 19.3. The van der Waals surface area contributed by atoms with E-state index in [2.05, 4.69) is 59.1 Å². The summed E-state index contributed by atoms with van der Waals surface area (Å²) in [6, 6.07) is 19.5. The van der Waals surface area contributed by atoms with Crippen LogP contribution in [0.4, 0.5) is 17.1 Å². The number of aromatic amines is 1. The Kier molecular flexibility index (Phi) is 11.3. The molecule has 16 nitrogen and oxygen atoms in total. The predicted octanol–water partition coefficient (Wildman–Crippen LogP) is 8.76. The van der Waals surface area contributed by atoms with Gasteiger partial charge in [0.05, 0.1) is 41.5 Å². The van der Waals surface area contributed by atoms with Crippen LogP contribution in [0.15, 0.2) is 78.1 Å². The summed E-state index contributed by atoms with van der Waals surface area (Å²) in [6.45, 7) is 3.17. The Morgan fingerprint density at radius 1 is 0.955 bits per heavy atom. The fourth-order valence-electron chi connectivity index (χ4n) is 11.3. The normalized spacial score (nSPS) is 22.3. The van der Waals surface area contributed by atoms with Crippen LogP contribution in [0, 0.1) is 15.5 Å². The summed E-state index contributed by atoms with van der Waals surface area (Å²) >= 11 is 0. The van der Waals surface area contributed by atoms with E-state index in [4.69, 9.17) is 14.2 Å². The molecule has 0 bridgehead atoms. The van der Waals surface area contributed by atoms with Gasteiger partial charge in [0.2, 0.25) is 5.88 Å². The molecule has 6 heterocycles. The number of H-pyrrole nitrogens is 1. The number of amides is 1. The molecule has 5 fully saturated rings. The summed E-state index contributed by atoms with van der Waals surface area (Å²) in [6.07, 6.45) is 18.4. The second-order valence-corrected chi connectivity index (χ2v) is 20.9. The van der Waals surface area contributed by atoms with Gasteiger partial charge in [0.1, 0.15) is 23.8 Å². The number of benzene rings is 2. The molecule has 0 radical (unpaired) electrons. The third kappa shape index (κ3) is 8.56. The molecule has 3 saturated carbocycles. The maximum Gasteiger partial charge on any atom is 0.300 e. The van der Waals surface area contributed by atoms with E-state index in [-0.39, 0.29) is 42.2 Å². The van der Waals surface area contributed by atoms with Gasteiger partial charge < -0.3 is 29.4 Å². The molecule has 3 aliphatic heterocycles. The SMILES string of the molecule is O=C(NS(=O)(=O)c1cc([N+](=O)[O-])c2c(n1)OC[C@H](COC1CCCCC1)N2)c1ccc(N2CCC3(CC2)CC(N2CCC[C@H]2c2ccccc2C2CC2)C3)cc1Oc1cnc2[nH]ccc2c1. The summed E-state index contributed by atoms with van der Waals surface area (Å²) in [5, 5.41) is 15.4. The minimum atomic E-state index is -4.75. The van der Waals surface area contributed by atoms with Crippen molar-refractivity contribution in [1.29, 1.82) is 0 Å². The molecule has 1 spiro atoms. The van der Waals surface area contributed by atoms with Crippen LogP contribution >= 0.6 is 0 Å². The zero-order valence-electron chi connectivity index (χ0n) is 37.0. The Hall–Kier alpha value is -5.78. The van der Waals surface area contributed by atoms with Gasteiger partial charge >= 0.3 is 5.69 Å². The highest BCUT2D eigenvalue weighted by Gasteiger charge is 2.50. The Morgan fingerprint density at radius 3 is 2.55 bits per heavy atom. The topological polar surface area (TPSA) is 194 Å². The molecule has 346 valence electrons. The first kappa shape index (κ1) is 42.8. The van der Waals surface area contributed by atoms with E-state index < -0.39 is 37.6 Å². The van der Waals surface area contributed by atoms with Crippen molar-refractivity contribution in [3.63, 3.8) is 0 Å². The van der Waals surface area contributed by atoms with E-state index in [0.29, 0.717) is 28.9 Å². The van der Waals surface area contributed by atoms with Gasteiger partial charge in [-0.15, -0.1) is 0 Å². The molecular formula is C49H56N8O8S. The van der Waals surface area contributed by atoms with Crippen molar-refractivity contribution >= 4 is 44.0 Å². The van der Waals surface area contributed by atoms with Gasteiger partial charge in [0.25, 0.3) is 15.9 Å².